The van der Waals surface area contributed by atoms with Crippen LogP contribution < -0.4 is 19.7 Å². The van der Waals surface area contributed by atoms with E-state index in [-0.39, 0.29) is 12.4 Å². The maximum absolute atomic E-state index is 12.9. The number of amides is 4. The number of hydrogen-bond acceptors (Lipinski definition) is 5. The van der Waals surface area contributed by atoms with Crippen molar-refractivity contribution in [1.29, 1.82) is 0 Å². The van der Waals surface area contributed by atoms with Gasteiger partial charge in [0.15, 0.2) is 11.5 Å². The zero-order valence-electron chi connectivity index (χ0n) is 14.1. The minimum atomic E-state index is -0.783. The summed E-state index contributed by atoms with van der Waals surface area (Å²) < 4.78 is 11.4. The number of nitrogens with zero attached hydrogens (tertiary/aromatic N) is 1. The normalized spacial score (nSPS) is 17.5. The van der Waals surface area contributed by atoms with Crippen molar-refractivity contribution in [2.24, 2.45) is 0 Å². The minimum Gasteiger partial charge on any atom is -0.454 e. The van der Waals surface area contributed by atoms with Gasteiger partial charge in [0.2, 0.25) is 6.79 Å². The molecule has 2 aliphatic heterocycles. The van der Waals surface area contributed by atoms with Gasteiger partial charge in [-0.3, -0.25) is 14.9 Å². The molecule has 1 N–H and O–H groups in total. The monoisotopic (exact) mass is 428 g/mol. The fourth-order valence-corrected chi connectivity index (χ4v) is 3.08. The summed E-state index contributed by atoms with van der Waals surface area (Å²) in [6.45, 7) is 1.97. The highest BCUT2D eigenvalue weighted by molar-refractivity contribution is 9.10. The van der Waals surface area contributed by atoms with Crippen LogP contribution in [0.5, 0.6) is 11.5 Å². The number of nitrogens with one attached hydrogen (secondary N) is 1. The highest BCUT2D eigenvalue weighted by atomic mass is 79.9. The molecule has 8 heteroatoms. The Bertz CT molecular complexity index is 1030. The van der Waals surface area contributed by atoms with Gasteiger partial charge < -0.3 is 9.47 Å². The van der Waals surface area contributed by atoms with Crippen LogP contribution in [0.15, 0.2) is 46.4 Å². The topological polar surface area (TPSA) is 84.9 Å². The lowest BCUT2D eigenvalue weighted by Crippen LogP contribution is -2.54. The summed E-state index contributed by atoms with van der Waals surface area (Å²) in [7, 11) is 0. The first kappa shape index (κ1) is 17.3. The van der Waals surface area contributed by atoms with E-state index in [1.165, 1.54) is 6.08 Å². The van der Waals surface area contributed by atoms with Gasteiger partial charge in [0.25, 0.3) is 11.8 Å². The highest BCUT2D eigenvalue weighted by Crippen LogP contribution is 2.33. The number of carbonyl (C=O) groups excluding carboxylic acids is 3. The molecule has 4 rings (SSSR count). The number of ether oxygens (including phenoxy) is 2. The molecule has 136 valence electrons. The molecule has 0 saturated carbocycles. The number of rotatable bonds is 2. The number of urea groups is 1. The van der Waals surface area contributed by atoms with Crippen molar-refractivity contribution in [3.63, 3.8) is 0 Å². The van der Waals surface area contributed by atoms with Crippen LogP contribution in [0.1, 0.15) is 11.1 Å². The molecule has 4 amide bonds. The molecule has 0 aromatic heterocycles. The van der Waals surface area contributed by atoms with Crippen molar-refractivity contribution in [2.45, 2.75) is 6.92 Å². The molecule has 0 atom stereocenters. The number of fused-ring (bicyclic) bond motifs is 1. The second-order valence-corrected chi connectivity index (χ2v) is 6.86. The second kappa shape index (κ2) is 6.55. The molecule has 1 fully saturated rings. The molecule has 0 aliphatic carbocycles. The maximum atomic E-state index is 12.9. The van der Waals surface area contributed by atoms with Gasteiger partial charge in [-0.05, 0) is 54.5 Å². The summed E-state index contributed by atoms with van der Waals surface area (Å²) in [5.74, 6) is -0.306. The lowest BCUT2D eigenvalue weighted by Gasteiger charge is -2.26. The van der Waals surface area contributed by atoms with Crippen LogP contribution in [0.2, 0.25) is 0 Å². The molecule has 0 spiro atoms. The standard InChI is InChI=1S/C19H13BrN2O5/c1-10-6-12(3-4-14(10)20)22-18(24)13(17(23)21-19(22)25)7-11-2-5-15-16(8-11)27-9-26-15/h2-8H,9H2,1H3,(H,21,23,25). The molecule has 0 unspecified atom stereocenters. The molecule has 2 aromatic carbocycles. The number of barbiturate groups is 1. The third kappa shape index (κ3) is 3.08. The zero-order valence-corrected chi connectivity index (χ0v) is 15.7. The van der Waals surface area contributed by atoms with Gasteiger partial charge in [0.1, 0.15) is 5.57 Å². The molecular weight excluding hydrogens is 416 g/mol. The van der Waals surface area contributed by atoms with Crippen LogP contribution in [0.3, 0.4) is 0 Å². The third-order valence-electron chi connectivity index (χ3n) is 4.21. The molecule has 0 bridgehead atoms. The Labute approximate surface area is 162 Å². The van der Waals surface area contributed by atoms with Gasteiger partial charge in [0, 0.05) is 4.47 Å². The van der Waals surface area contributed by atoms with Crippen LogP contribution in [0.25, 0.3) is 6.08 Å². The number of imide groups is 2. The Morgan fingerprint density at radius 1 is 1.07 bits per heavy atom. The summed E-state index contributed by atoms with van der Waals surface area (Å²) in [5.41, 5.74) is 1.67. The van der Waals surface area contributed by atoms with E-state index >= 15 is 0 Å². The number of anilines is 1. The van der Waals surface area contributed by atoms with E-state index in [2.05, 4.69) is 21.2 Å². The first-order valence-electron chi connectivity index (χ1n) is 8.01. The fourth-order valence-electron chi connectivity index (χ4n) is 2.83. The zero-order chi connectivity index (χ0) is 19.1. The summed E-state index contributed by atoms with van der Waals surface area (Å²) in [4.78, 5) is 38.3. The summed E-state index contributed by atoms with van der Waals surface area (Å²) >= 11 is 3.38. The van der Waals surface area contributed by atoms with E-state index in [1.807, 2.05) is 6.92 Å². The van der Waals surface area contributed by atoms with Crippen LogP contribution in [-0.4, -0.2) is 24.6 Å². The number of benzene rings is 2. The summed E-state index contributed by atoms with van der Waals surface area (Å²) in [5, 5.41) is 2.21. The molecule has 1 saturated heterocycles. The number of hydrogen-bond donors (Lipinski definition) is 1. The molecule has 7 nitrogen and oxygen atoms in total. The largest absolute Gasteiger partial charge is 0.454 e. The minimum absolute atomic E-state index is 0.125. The van der Waals surface area contributed by atoms with Crippen LogP contribution in [0.4, 0.5) is 10.5 Å². The fraction of sp³-hybridized carbons (Fsp3) is 0.105. The van der Waals surface area contributed by atoms with Crippen LogP contribution in [-0.2, 0) is 9.59 Å². The lowest BCUT2D eigenvalue weighted by molar-refractivity contribution is -0.122. The van der Waals surface area contributed by atoms with Crippen molar-refractivity contribution < 1.29 is 23.9 Å². The number of carbonyl (C=O) groups is 3. The number of halogens is 1. The van der Waals surface area contributed by atoms with Crippen molar-refractivity contribution in [3.8, 4) is 11.5 Å². The Balaban J connectivity index is 1.72. The van der Waals surface area contributed by atoms with Gasteiger partial charge in [0.05, 0.1) is 5.69 Å². The average Bonchev–Trinajstić information content (AvgIpc) is 3.09. The van der Waals surface area contributed by atoms with Crippen LogP contribution in [0, 0.1) is 6.92 Å². The summed E-state index contributed by atoms with van der Waals surface area (Å²) in [6, 6.07) is 9.34. The maximum Gasteiger partial charge on any atom is 0.335 e. The molecule has 0 radical (unpaired) electrons. The van der Waals surface area contributed by atoms with Gasteiger partial charge in [-0.1, -0.05) is 22.0 Å². The molecular formula is C19H13BrN2O5. The molecule has 2 aromatic rings. The first-order valence-corrected chi connectivity index (χ1v) is 8.80. The van der Waals surface area contributed by atoms with Crippen molar-refractivity contribution in [2.75, 3.05) is 11.7 Å². The Morgan fingerprint density at radius 3 is 2.63 bits per heavy atom. The lowest BCUT2D eigenvalue weighted by atomic mass is 10.1. The van der Waals surface area contributed by atoms with E-state index in [0.29, 0.717) is 22.7 Å². The van der Waals surface area contributed by atoms with E-state index in [0.717, 1.165) is 14.9 Å². The van der Waals surface area contributed by atoms with E-state index in [4.69, 9.17) is 9.47 Å². The van der Waals surface area contributed by atoms with E-state index in [9.17, 15) is 14.4 Å². The quantitative estimate of drug-likeness (QED) is 0.586. The van der Waals surface area contributed by atoms with E-state index < -0.39 is 17.8 Å². The van der Waals surface area contributed by atoms with Gasteiger partial charge in [-0.25, -0.2) is 9.69 Å². The predicted octanol–water partition coefficient (Wildman–Crippen LogP) is 3.15. The smallest absolute Gasteiger partial charge is 0.335 e. The Morgan fingerprint density at radius 2 is 1.85 bits per heavy atom. The van der Waals surface area contributed by atoms with Gasteiger partial charge >= 0.3 is 6.03 Å². The molecule has 2 heterocycles. The molecule has 2 aliphatic rings. The van der Waals surface area contributed by atoms with Crippen molar-refractivity contribution in [1.82, 2.24) is 5.32 Å². The highest BCUT2D eigenvalue weighted by Gasteiger charge is 2.37. The third-order valence-corrected chi connectivity index (χ3v) is 5.10. The first-order chi connectivity index (χ1) is 12.9. The average molecular weight is 429 g/mol. The summed E-state index contributed by atoms with van der Waals surface area (Å²) in [6.07, 6.45) is 1.42. The van der Waals surface area contributed by atoms with Gasteiger partial charge in [-0.15, -0.1) is 0 Å². The Hall–Kier alpha value is -3.13. The predicted molar refractivity (Wildman–Crippen MR) is 100 cm³/mol. The van der Waals surface area contributed by atoms with Crippen LogP contribution >= 0.6 is 15.9 Å². The second-order valence-electron chi connectivity index (χ2n) is 6.00. The SMILES string of the molecule is Cc1cc(N2C(=O)NC(=O)C(=Cc3ccc4c(c3)OCO4)C2=O)ccc1Br. The molecule has 27 heavy (non-hydrogen) atoms. The van der Waals surface area contributed by atoms with E-state index in [1.54, 1.807) is 36.4 Å². The van der Waals surface area contributed by atoms with Gasteiger partial charge in [-0.2, -0.15) is 0 Å². The van der Waals surface area contributed by atoms with Crippen molar-refractivity contribution >= 4 is 45.5 Å². The Kier molecular flexibility index (Phi) is 4.19. The van der Waals surface area contributed by atoms with Crippen molar-refractivity contribution in [3.05, 3.63) is 57.6 Å². The number of aryl methyl sites for hydroxylation is 1.